The molecule has 5 nitrogen and oxygen atoms in total. The largest absolute Gasteiger partial charge is 0.350 e. The van der Waals surface area contributed by atoms with Gasteiger partial charge in [-0.05, 0) is 30.5 Å². The quantitative estimate of drug-likeness (QED) is 0.676. The van der Waals surface area contributed by atoms with Gasteiger partial charge in [0.1, 0.15) is 6.54 Å². The second-order valence-corrected chi connectivity index (χ2v) is 6.26. The molecule has 1 aliphatic heterocycles. The van der Waals surface area contributed by atoms with E-state index in [-0.39, 0.29) is 36.1 Å². The van der Waals surface area contributed by atoms with Crippen molar-refractivity contribution in [2.45, 2.75) is 19.4 Å². The SMILES string of the molecule is O=C(CN1C(=O)C2CC=CCC2C1=O)NCc1ccc(Cl)cc1. The lowest BCUT2D eigenvalue weighted by Gasteiger charge is -2.14. The van der Waals surface area contributed by atoms with E-state index in [2.05, 4.69) is 5.32 Å². The Morgan fingerprint density at radius 3 is 2.22 bits per heavy atom. The molecule has 1 fully saturated rings. The van der Waals surface area contributed by atoms with Crippen LogP contribution in [-0.2, 0) is 20.9 Å². The van der Waals surface area contributed by atoms with Gasteiger partial charge in [-0.1, -0.05) is 35.9 Å². The molecule has 0 saturated carbocycles. The smallest absolute Gasteiger partial charge is 0.240 e. The number of hydrogen-bond acceptors (Lipinski definition) is 3. The van der Waals surface area contributed by atoms with Gasteiger partial charge in [0.2, 0.25) is 17.7 Å². The number of benzene rings is 1. The number of imide groups is 1. The Labute approximate surface area is 139 Å². The molecule has 0 radical (unpaired) electrons. The van der Waals surface area contributed by atoms with E-state index in [0.717, 1.165) is 10.5 Å². The minimum atomic E-state index is -0.340. The van der Waals surface area contributed by atoms with Crippen LogP contribution >= 0.6 is 11.6 Å². The summed E-state index contributed by atoms with van der Waals surface area (Å²) < 4.78 is 0. The first-order chi connectivity index (χ1) is 11.1. The van der Waals surface area contributed by atoms with Crippen molar-refractivity contribution < 1.29 is 14.4 Å². The van der Waals surface area contributed by atoms with Crippen molar-refractivity contribution in [3.05, 3.63) is 47.0 Å². The molecule has 0 bridgehead atoms. The van der Waals surface area contributed by atoms with Crippen molar-refractivity contribution in [2.24, 2.45) is 11.8 Å². The molecule has 0 spiro atoms. The van der Waals surface area contributed by atoms with Gasteiger partial charge in [0.15, 0.2) is 0 Å². The van der Waals surface area contributed by atoms with Crippen LogP contribution in [0.1, 0.15) is 18.4 Å². The summed E-state index contributed by atoms with van der Waals surface area (Å²) in [6.07, 6.45) is 5.02. The van der Waals surface area contributed by atoms with Gasteiger partial charge >= 0.3 is 0 Å². The highest BCUT2D eigenvalue weighted by Gasteiger charge is 2.47. The van der Waals surface area contributed by atoms with Gasteiger partial charge in [0.25, 0.3) is 0 Å². The molecule has 1 aromatic carbocycles. The lowest BCUT2D eigenvalue weighted by Crippen LogP contribution is -2.40. The van der Waals surface area contributed by atoms with Crippen LogP contribution in [0, 0.1) is 11.8 Å². The monoisotopic (exact) mass is 332 g/mol. The number of carbonyl (C=O) groups is 3. The van der Waals surface area contributed by atoms with E-state index in [4.69, 9.17) is 11.6 Å². The predicted molar refractivity (Wildman–Crippen MR) is 85.4 cm³/mol. The molecule has 1 aliphatic carbocycles. The lowest BCUT2D eigenvalue weighted by atomic mass is 9.85. The van der Waals surface area contributed by atoms with E-state index in [1.165, 1.54) is 0 Å². The van der Waals surface area contributed by atoms with Gasteiger partial charge in [-0.3, -0.25) is 19.3 Å². The maximum absolute atomic E-state index is 12.3. The van der Waals surface area contributed by atoms with Crippen molar-refractivity contribution >= 4 is 29.3 Å². The summed E-state index contributed by atoms with van der Waals surface area (Å²) in [6, 6.07) is 7.12. The van der Waals surface area contributed by atoms with Crippen LogP contribution in [0.4, 0.5) is 0 Å². The van der Waals surface area contributed by atoms with Gasteiger partial charge in [-0.25, -0.2) is 0 Å². The molecule has 2 aliphatic rings. The fourth-order valence-electron chi connectivity index (χ4n) is 3.03. The number of halogens is 1. The molecule has 23 heavy (non-hydrogen) atoms. The number of hydrogen-bond donors (Lipinski definition) is 1. The molecule has 3 amide bonds. The second-order valence-electron chi connectivity index (χ2n) is 5.82. The highest BCUT2D eigenvalue weighted by molar-refractivity contribution is 6.30. The van der Waals surface area contributed by atoms with Crippen molar-refractivity contribution in [1.29, 1.82) is 0 Å². The first-order valence-electron chi connectivity index (χ1n) is 7.57. The van der Waals surface area contributed by atoms with Crippen molar-refractivity contribution in [3.8, 4) is 0 Å². The van der Waals surface area contributed by atoms with Crippen LogP contribution in [0.15, 0.2) is 36.4 Å². The van der Waals surface area contributed by atoms with Crippen molar-refractivity contribution in [2.75, 3.05) is 6.54 Å². The van der Waals surface area contributed by atoms with E-state index in [1.54, 1.807) is 12.1 Å². The number of amides is 3. The molecule has 2 atom stereocenters. The van der Waals surface area contributed by atoms with Gasteiger partial charge < -0.3 is 5.32 Å². The van der Waals surface area contributed by atoms with Crippen LogP contribution in [-0.4, -0.2) is 29.2 Å². The zero-order valence-electron chi connectivity index (χ0n) is 12.5. The Bertz CT molecular complexity index is 643. The highest BCUT2D eigenvalue weighted by atomic mass is 35.5. The van der Waals surface area contributed by atoms with Crippen LogP contribution in [0.5, 0.6) is 0 Å². The third-order valence-electron chi connectivity index (χ3n) is 4.30. The molecule has 2 unspecified atom stereocenters. The van der Waals surface area contributed by atoms with Gasteiger partial charge in [-0.15, -0.1) is 0 Å². The molecule has 1 saturated heterocycles. The number of allylic oxidation sites excluding steroid dienone is 2. The maximum atomic E-state index is 12.3. The summed E-state index contributed by atoms with van der Waals surface area (Å²) in [7, 11) is 0. The Kier molecular flexibility index (Phi) is 4.48. The van der Waals surface area contributed by atoms with Crippen LogP contribution in [0.3, 0.4) is 0 Å². The minimum absolute atomic E-state index is 0.210. The third kappa shape index (κ3) is 3.29. The summed E-state index contributed by atoms with van der Waals surface area (Å²) in [5.41, 5.74) is 0.902. The van der Waals surface area contributed by atoms with Gasteiger partial charge in [-0.2, -0.15) is 0 Å². The third-order valence-corrected chi connectivity index (χ3v) is 4.56. The molecule has 1 aromatic rings. The summed E-state index contributed by atoms with van der Waals surface area (Å²) in [5, 5.41) is 3.35. The van der Waals surface area contributed by atoms with E-state index in [9.17, 15) is 14.4 Å². The summed E-state index contributed by atoms with van der Waals surface area (Å²) >= 11 is 5.81. The zero-order chi connectivity index (χ0) is 16.4. The standard InChI is InChI=1S/C17H17ClN2O3/c18-12-7-5-11(6-8-12)9-19-15(21)10-20-16(22)13-3-1-2-4-14(13)17(20)23/h1-2,5-8,13-14H,3-4,9-10H2,(H,19,21). The maximum Gasteiger partial charge on any atom is 0.240 e. The molecule has 3 rings (SSSR count). The summed E-state index contributed by atoms with van der Waals surface area (Å²) in [5.74, 6) is -1.39. The number of nitrogens with zero attached hydrogens (tertiary/aromatic N) is 1. The van der Waals surface area contributed by atoms with Gasteiger partial charge in [0, 0.05) is 11.6 Å². The zero-order valence-corrected chi connectivity index (χ0v) is 13.3. The normalized spacial score (nSPS) is 23.1. The Hall–Kier alpha value is -2.14. The Morgan fingerprint density at radius 1 is 1.09 bits per heavy atom. The first kappa shape index (κ1) is 15.7. The van der Waals surface area contributed by atoms with E-state index in [1.807, 2.05) is 24.3 Å². The van der Waals surface area contributed by atoms with Crippen LogP contribution in [0.25, 0.3) is 0 Å². The lowest BCUT2D eigenvalue weighted by molar-refractivity contribution is -0.143. The number of fused-ring (bicyclic) bond motifs is 1. The number of likely N-dealkylation sites (tertiary alicyclic amines) is 1. The van der Waals surface area contributed by atoms with Crippen LogP contribution in [0.2, 0.25) is 5.02 Å². The predicted octanol–water partition coefficient (Wildman–Crippen LogP) is 1.91. The molecule has 1 heterocycles. The van der Waals surface area contributed by atoms with Crippen LogP contribution < -0.4 is 5.32 Å². The fourth-order valence-corrected chi connectivity index (χ4v) is 3.15. The first-order valence-corrected chi connectivity index (χ1v) is 7.95. The second kappa shape index (κ2) is 6.54. The van der Waals surface area contributed by atoms with E-state index in [0.29, 0.717) is 24.4 Å². The number of rotatable bonds is 4. The fraction of sp³-hybridized carbons (Fsp3) is 0.353. The summed E-state index contributed by atoms with van der Waals surface area (Å²) in [4.78, 5) is 37.7. The Balaban J connectivity index is 1.56. The minimum Gasteiger partial charge on any atom is -0.350 e. The molecular weight excluding hydrogens is 316 g/mol. The molecule has 6 heteroatoms. The molecule has 0 aromatic heterocycles. The van der Waals surface area contributed by atoms with Crippen molar-refractivity contribution in [3.63, 3.8) is 0 Å². The molecule has 1 N–H and O–H groups in total. The van der Waals surface area contributed by atoms with Gasteiger partial charge in [0.05, 0.1) is 11.8 Å². The average molecular weight is 333 g/mol. The van der Waals surface area contributed by atoms with E-state index >= 15 is 0 Å². The number of nitrogens with one attached hydrogen (secondary N) is 1. The molecule has 120 valence electrons. The Morgan fingerprint density at radius 2 is 1.65 bits per heavy atom. The average Bonchev–Trinajstić information content (AvgIpc) is 2.80. The topological polar surface area (TPSA) is 66.5 Å². The highest BCUT2D eigenvalue weighted by Crippen LogP contribution is 2.34. The number of carbonyl (C=O) groups excluding carboxylic acids is 3. The molecular formula is C17H17ClN2O3. The van der Waals surface area contributed by atoms with Crippen molar-refractivity contribution in [1.82, 2.24) is 10.2 Å². The van der Waals surface area contributed by atoms with E-state index < -0.39 is 0 Å². The summed E-state index contributed by atoms with van der Waals surface area (Å²) in [6.45, 7) is 0.124.